The largest absolute Gasteiger partial charge is 0.271 e. The van der Waals surface area contributed by atoms with Crippen molar-refractivity contribution < 1.29 is 9.59 Å². The molecule has 2 heterocycles. The molecule has 6 nitrogen and oxygen atoms in total. The number of carbonyl (C=O) groups excluding carboxylic acids is 2. The number of benzene rings is 2. The van der Waals surface area contributed by atoms with E-state index in [1.54, 1.807) is 6.07 Å². The van der Waals surface area contributed by atoms with Gasteiger partial charge in [0.2, 0.25) is 0 Å². The second kappa shape index (κ2) is 5.52. The summed E-state index contributed by atoms with van der Waals surface area (Å²) in [5.41, 5.74) is 2.31. The van der Waals surface area contributed by atoms with E-state index in [-0.39, 0.29) is 11.8 Å². The number of hydrogen-bond acceptors (Lipinski definition) is 5. The van der Waals surface area contributed by atoms with Crippen LogP contribution in [-0.2, 0) is 9.59 Å². The molecule has 1 saturated heterocycles. The number of rotatable bonds is 2. The number of halogens is 1. The van der Waals surface area contributed by atoms with E-state index in [4.69, 9.17) is 0 Å². The van der Waals surface area contributed by atoms with Crippen molar-refractivity contribution in [1.29, 1.82) is 0 Å². The van der Waals surface area contributed by atoms with Crippen molar-refractivity contribution in [3.63, 3.8) is 0 Å². The predicted octanol–water partition coefficient (Wildman–Crippen LogP) is 3.26. The molecule has 7 heteroatoms. The van der Waals surface area contributed by atoms with E-state index < -0.39 is 12.1 Å². The van der Waals surface area contributed by atoms with E-state index in [0.717, 1.165) is 11.3 Å². The van der Waals surface area contributed by atoms with Gasteiger partial charge in [-0.2, -0.15) is 5.11 Å². The summed E-state index contributed by atoms with van der Waals surface area (Å²) in [6.07, 6.45) is 0. The van der Waals surface area contributed by atoms with Crippen molar-refractivity contribution in [2.75, 3.05) is 9.91 Å². The molecule has 0 aliphatic carbocycles. The lowest BCUT2D eigenvalue weighted by molar-refractivity contribution is -0.121. The van der Waals surface area contributed by atoms with Crippen LogP contribution in [0.1, 0.15) is 5.56 Å². The Balaban J connectivity index is 1.73. The third kappa shape index (κ3) is 2.16. The summed E-state index contributed by atoms with van der Waals surface area (Å²) in [6.45, 7) is 1.95. The highest BCUT2D eigenvalue weighted by molar-refractivity contribution is 9.10. The first-order valence-electron chi connectivity index (χ1n) is 7.47. The molecule has 2 aliphatic heterocycles. The smallest absolute Gasteiger partial charge is 0.263 e. The fourth-order valence-electron chi connectivity index (χ4n) is 2.98. The molecule has 0 bridgehead atoms. The minimum atomic E-state index is -0.800. The number of fused-ring (bicyclic) bond motifs is 1. The lowest BCUT2D eigenvalue weighted by Gasteiger charge is -2.21. The summed E-state index contributed by atoms with van der Waals surface area (Å²) in [6, 6.07) is 13.2. The predicted molar refractivity (Wildman–Crippen MR) is 92.7 cm³/mol. The third-order valence-corrected chi connectivity index (χ3v) is 4.78. The molecule has 0 spiro atoms. The maximum absolute atomic E-state index is 12.9. The Morgan fingerprint density at radius 2 is 1.79 bits per heavy atom. The van der Waals surface area contributed by atoms with Gasteiger partial charge in [0.1, 0.15) is 0 Å². The summed E-state index contributed by atoms with van der Waals surface area (Å²) in [5.74, 6) is -0.667. The minimum Gasteiger partial charge on any atom is -0.271 e. The average Bonchev–Trinajstić information content (AvgIpc) is 3.11. The average molecular weight is 385 g/mol. The van der Waals surface area contributed by atoms with Crippen LogP contribution < -0.4 is 9.91 Å². The topological polar surface area (TPSA) is 65.3 Å². The van der Waals surface area contributed by atoms with Crippen molar-refractivity contribution in [1.82, 2.24) is 0 Å². The Hall–Kier alpha value is -2.54. The van der Waals surface area contributed by atoms with Crippen LogP contribution in [0.4, 0.5) is 11.4 Å². The molecule has 0 aromatic heterocycles. The molecule has 24 heavy (non-hydrogen) atoms. The summed E-state index contributed by atoms with van der Waals surface area (Å²) in [4.78, 5) is 26.9. The van der Waals surface area contributed by atoms with Crippen LogP contribution in [-0.4, -0.2) is 23.9 Å². The van der Waals surface area contributed by atoms with Crippen LogP contribution in [0, 0.1) is 6.92 Å². The van der Waals surface area contributed by atoms with Crippen LogP contribution in [0.15, 0.2) is 63.3 Å². The van der Waals surface area contributed by atoms with Crippen LogP contribution >= 0.6 is 15.9 Å². The van der Waals surface area contributed by atoms with Crippen molar-refractivity contribution in [2.24, 2.45) is 10.3 Å². The number of aryl methyl sites for hydroxylation is 1. The zero-order chi connectivity index (χ0) is 16.8. The van der Waals surface area contributed by atoms with E-state index in [2.05, 4.69) is 26.3 Å². The summed E-state index contributed by atoms with van der Waals surface area (Å²) < 4.78 is 0.701. The summed E-state index contributed by atoms with van der Waals surface area (Å²) in [7, 11) is 0. The number of anilines is 2. The lowest BCUT2D eigenvalue weighted by atomic mass is 10.1. The molecule has 2 aromatic carbocycles. The minimum absolute atomic E-state index is 0.316. The van der Waals surface area contributed by atoms with Crippen LogP contribution in [0.5, 0.6) is 0 Å². The molecule has 2 atom stereocenters. The van der Waals surface area contributed by atoms with Crippen molar-refractivity contribution >= 4 is 39.1 Å². The van der Waals surface area contributed by atoms with Gasteiger partial charge in [0.25, 0.3) is 11.8 Å². The normalized spacial score (nSPS) is 22.4. The third-order valence-electron chi connectivity index (χ3n) is 4.15. The first-order chi connectivity index (χ1) is 11.6. The van der Waals surface area contributed by atoms with Crippen LogP contribution in [0.3, 0.4) is 0 Å². The van der Waals surface area contributed by atoms with E-state index in [1.165, 1.54) is 9.91 Å². The van der Waals surface area contributed by atoms with Gasteiger partial charge in [-0.15, -0.1) is 0 Å². The first-order valence-corrected chi connectivity index (χ1v) is 8.26. The van der Waals surface area contributed by atoms with Gasteiger partial charge in [-0.1, -0.05) is 29.5 Å². The number of para-hydroxylation sites is 1. The molecule has 4 rings (SSSR count). The molecule has 0 radical (unpaired) electrons. The molecule has 2 aromatic rings. The zero-order valence-corrected chi connectivity index (χ0v) is 14.3. The quantitative estimate of drug-likeness (QED) is 0.746. The van der Waals surface area contributed by atoms with Gasteiger partial charge in [-0.3, -0.25) is 9.59 Å². The number of imide groups is 1. The Bertz CT molecular complexity index is 868. The molecule has 0 N–H and O–H groups in total. The van der Waals surface area contributed by atoms with Crippen molar-refractivity contribution in [3.05, 3.63) is 58.6 Å². The van der Waals surface area contributed by atoms with Gasteiger partial charge >= 0.3 is 0 Å². The highest BCUT2D eigenvalue weighted by Crippen LogP contribution is 2.37. The SMILES string of the molecule is Cc1ccc(N2C(=O)[C@@H]3N=NN(c4ccccc4)[C@H]3C2=O)c(Br)c1. The monoisotopic (exact) mass is 384 g/mol. The Morgan fingerprint density at radius 1 is 1.04 bits per heavy atom. The molecular weight excluding hydrogens is 372 g/mol. The van der Waals surface area contributed by atoms with E-state index in [9.17, 15) is 9.59 Å². The Morgan fingerprint density at radius 3 is 2.50 bits per heavy atom. The van der Waals surface area contributed by atoms with Gasteiger partial charge in [0.15, 0.2) is 12.1 Å². The second-order valence-corrected chi connectivity index (χ2v) is 6.60. The number of nitrogens with zero attached hydrogens (tertiary/aromatic N) is 4. The fourth-order valence-corrected chi connectivity index (χ4v) is 3.66. The zero-order valence-electron chi connectivity index (χ0n) is 12.8. The van der Waals surface area contributed by atoms with Crippen molar-refractivity contribution in [2.45, 2.75) is 19.0 Å². The number of hydrogen-bond donors (Lipinski definition) is 0. The second-order valence-electron chi connectivity index (χ2n) is 5.74. The van der Waals surface area contributed by atoms with Crippen molar-refractivity contribution in [3.8, 4) is 0 Å². The standard InChI is InChI=1S/C17H13BrN4O2/c1-10-7-8-13(12(18)9-10)21-16(23)14-15(17(21)24)22(20-19-14)11-5-3-2-4-6-11/h2-9,14-15H,1H3/t14-,15-/m1/s1. The van der Waals surface area contributed by atoms with Crippen LogP contribution in [0.25, 0.3) is 0 Å². The maximum atomic E-state index is 12.9. The molecule has 1 fully saturated rings. The van der Waals surface area contributed by atoms with E-state index in [0.29, 0.717) is 10.2 Å². The highest BCUT2D eigenvalue weighted by atomic mass is 79.9. The fraction of sp³-hybridized carbons (Fsp3) is 0.176. The molecule has 0 saturated carbocycles. The molecule has 2 aliphatic rings. The number of amides is 2. The van der Waals surface area contributed by atoms with Gasteiger partial charge in [-0.25, -0.2) is 9.91 Å². The van der Waals surface area contributed by atoms with Crippen LogP contribution in [0.2, 0.25) is 0 Å². The Labute approximate surface area is 146 Å². The molecule has 0 unspecified atom stereocenters. The van der Waals surface area contributed by atoms with Gasteiger partial charge in [0.05, 0.1) is 11.4 Å². The van der Waals surface area contributed by atoms with Gasteiger partial charge in [0, 0.05) is 4.47 Å². The number of carbonyl (C=O) groups is 2. The highest BCUT2D eigenvalue weighted by Gasteiger charge is 2.55. The van der Waals surface area contributed by atoms with E-state index in [1.807, 2.05) is 49.4 Å². The molecule has 120 valence electrons. The van der Waals surface area contributed by atoms with E-state index >= 15 is 0 Å². The molecular formula is C17H13BrN4O2. The van der Waals surface area contributed by atoms with Gasteiger partial charge < -0.3 is 0 Å². The van der Waals surface area contributed by atoms with Gasteiger partial charge in [-0.05, 0) is 52.7 Å². The Kier molecular flexibility index (Phi) is 3.45. The summed E-state index contributed by atoms with van der Waals surface area (Å²) in [5, 5.41) is 9.59. The first kappa shape index (κ1) is 15.0. The molecule has 2 amide bonds. The summed E-state index contributed by atoms with van der Waals surface area (Å²) >= 11 is 3.44. The maximum Gasteiger partial charge on any atom is 0.263 e. The lowest BCUT2D eigenvalue weighted by Crippen LogP contribution is -2.40.